The van der Waals surface area contributed by atoms with Crippen LogP contribution < -0.4 is 10.1 Å². The molecule has 134 valence electrons. The molecule has 6 nitrogen and oxygen atoms in total. The zero-order chi connectivity index (χ0) is 18.4. The molecule has 1 heterocycles. The summed E-state index contributed by atoms with van der Waals surface area (Å²) in [6.07, 6.45) is 0.707. The van der Waals surface area contributed by atoms with Crippen molar-refractivity contribution in [1.82, 2.24) is 15.5 Å². The van der Waals surface area contributed by atoms with Crippen LogP contribution in [0.3, 0.4) is 0 Å². The molecule has 2 aromatic carbocycles. The van der Waals surface area contributed by atoms with Crippen LogP contribution in [-0.2, 0) is 17.8 Å². The number of nitrogens with zero attached hydrogens (tertiary/aromatic N) is 2. The van der Waals surface area contributed by atoms with E-state index in [0.29, 0.717) is 31.1 Å². The standard InChI is InChI=1S/C20H21N3O3/c1-14-5-3-4-6-17(14)20-22-19(26-23-20)12-11-18(24)21-13-15-7-9-16(25-2)10-8-15/h3-10H,11-13H2,1-2H3,(H,21,24). The summed E-state index contributed by atoms with van der Waals surface area (Å²) in [6.45, 7) is 2.47. The number of benzene rings is 2. The topological polar surface area (TPSA) is 77.2 Å². The maximum atomic E-state index is 12.0. The molecule has 1 amide bonds. The number of aromatic nitrogens is 2. The number of hydrogen-bond donors (Lipinski definition) is 1. The van der Waals surface area contributed by atoms with E-state index in [0.717, 1.165) is 22.4 Å². The SMILES string of the molecule is COc1ccc(CNC(=O)CCc2nc(-c3ccccc3C)no2)cc1. The molecule has 0 saturated heterocycles. The third kappa shape index (κ3) is 4.47. The minimum Gasteiger partial charge on any atom is -0.497 e. The predicted octanol–water partition coefficient (Wildman–Crippen LogP) is 3.30. The molecule has 6 heteroatoms. The summed E-state index contributed by atoms with van der Waals surface area (Å²) in [5.74, 6) is 1.75. The molecule has 26 heavy (non-hydrogen) atoms. The fourth-order valence-electron chi connectivity index (χ4n) is 2.54. The molecule has 0 saturated carbocycles. The Morgan fingerprint density at radius 1 is 1.15 bits per heavy atom. The van der Waals surface area contributed by atoms with Gasteiger partial charge >= 0.3 is 0 Å². The third-order valence-corrected chi connectivity index (χ3v) is 4.07. The molecule has 0 aliphatic heterocycles. The van der Waals surface area contributed by atoms with Gasteiger partial charge in [-0.3, -0.25) is 4.79 Å². The summed E-state index contributed by atoms with van der Waals surface area (Å²) >= 11 is 0. The van der Waals surface area contributed by atoms with Crippen molar-refractivity contribution in [3.63, 3.8) is 0 Å². The maximum absolute atomic E-state index is 12.0. The summed E-state index contributed by atoms with van der Waals surface area (Å²) in [4.78, 5) is 16.4. The minimum absolute atomic E-state index is 0.0588. The molecule has 3 rings (SSSR count). The van der Waals surface area contributed by atoms with Crippen molar-refractivity contribution < 1.29 is 14.1 Å². The number of carbonyl (C=O) groups is 1. The molecule has 1 aromatic heterocycles. The monoisotopic (exact) mass is 351 g/mol. The molecule has 1 N–H and O–H groups in total. The van der Waals surface area contributed by atoms with E-state index in [2.05, 4.69) is 15.5 Å². The van der Waals surface area contributed by atoms with Crippen LogP contribution in [0.25, 0.3) is 11.4 Å². The molecule has 0 aliphatic carbocycles. The second kappa shape index (κ2) is 8.29. The molecular weight excluding hydrogens is 330 g/mol. The highest BCUT2D eigenvalue weighted by atomic mass is 16.5. The maximum Gasteiger partial charge on any atom is 0.227 e. The van der Waals surface area contributed by atoms with E-state index in [4.69, 9.17) is 9.26 Å². The highest BCUT2D eigenvalue weighted by Gasteiger charge is 2.12. The zero-order valence-corrected chi connectivity index (χ0v) is 14.9. The number of rotatable bonds is 7. The molecule has 0 radical (unpaired) electrons. The number of nitrogens with one attached hydrogen (secondary N) is 1. The van der Waals surface area contributed by atoms with Crippen molar-refractivity contribution >= 4 is 5.91 Å². The molecule has 0 fully saturated rings. The van der Waals surface area contributed by atoms with E-state index in [1.165, 1.54) is 0 Å². The van der Waals surface area contributed by atoms with Crippen LogP contribution in [0.1, 0.15) is 23.4 Å². The van der Waals surface area contributed by atoms with Crippen LogP contribution in [0, 0.1) is 6.92 Å². The van der Waals surface area contributed by atoms with E-state index in [9.17, 15) is 4.79 Å². The largest absolute Gasteiger partial charge is 0.497 e. The van der Waals surface area contributed by atoms with Crippen molar-refractivity contribution in [2.45, 2.75) is 26.3 Å². The Kier molecular flexibility index (Phi) is 5.63. The van der Waals surface area contributed by atoms with Crippen molar-refractivity contribution in [3.8, 4) is 17.1 Å². The van der Waals surface area contributed by atoms with Gasteiger partial charge in [-0.1, -0.05) is 41.6 Å². The number of aryl methyl sites for hydroxylation is 2. The number of hydrogen-bond acceptors (Lipinski definition) is 5. The van der Waals surface area contributed by atoms with E-state index in [1.807, 2.05) is 55.5 Å². The second-order valence-corrected chi connectivity index (χ2v) is 5.95. The lowest BCUT2D eigenvalue weighted by molar-refractivity contribution is -0.121. The Hall–Kier alpha value is -3.15. The zero-order valence-electron chi connectivity index (χ0n) is 14.9. The molecule has 0 aliphatic rings. The summed E-state index contributed by atoms with van der Waals surface area (Å²) in [5.41, 5.74) is 3.03. The Bertz CT molecular complexity index is 872. The Labute approximate surface area is 152 Å². The molecule has 0 atom stereocenters. The molecule has 0 unspecified atom stereocenters. The summed E-state index contributed by atoms with van der Waals surface area (Å²) < 4.78 is 10.4. The van der Waals surface area contributed by atoms with Gasteiger partial charge in [0.1, 0.15) is 5.75 Å². The molecule has 3 aromatic rings. The minimum atomic E-state index is -0.0588. The first-order valence-electron chi connectivity index (χ1n) is 8.44. The van der Waals surface area contributed by atoms with Crippen LogP contribution in [0.5, 0.6) is 5.75 Å². The Morgan fingerprint density at radius 2 is 1.92 bits per heavy atom. The fraction of sp³-hybridized carbons (Fsp3) is 0.250. The number of methoxy groups -OCH3 is 1. The van der Waals surface area contributed by atoms with Crippen LogP contribution >= 0.6 is 0 Å². The van der Waals surface area contributed by atoms with Gasteiger partial charge in [-0.2, -0.15) is 4.98 Å². The fourth-order valence-corrected chi connectivity index (χ4v) is 2.54. The smallest absolute Gasteiger partial charge is 0.227 e. The second-order valence-electron chi connectivity index (χ2n) is 5.95. The molecular formula is C20H21N3O3. The molecule has 0 bridgehead atoms. The van der Waals surface area contributed by atoms with Crippen molar-refractivity contribution in [3.05, 3.63) is 65.5 Å². The average molecular weight is 351 g/mol. The van der Waals surface area contributed by atoms with Gasteiger partial charge in [-0.25, -0.2) is 0 Å². The van der Waals surface area contributed by atoms with Gasteiger partial charge < -0.3 is 14.6 Å². The Balaban J connectivity index is 1.49. The quantitative estimate of drug-likeness (QED) is 0.707. The summed E-state index contributed by atoms with van der Waals surface area (Å²) in [7, 11) is 1.62. The molecule has 0 spiro atoms. The predicted molar refractivity (Wildman–Crippen MR) is 97.6 cm³/mol. The van der Waals surface area contributed by atoms with Crippen LogP contribution in [-0.4, -0.2) is 23.2 Å². The lowest BCUT2D eigenvalue weighted by Gasteiger charge is -2.05. The van der Waals surface area contributed by atoms with Crippen LogP contribution in [0.4, 0.5) is 0 Å². The lowest BCUT2D eigenvalue weighted by atomic mass is 10.1. The number of carbonyl (C=O) groups excluding carboxylic acids is 1. The van der Waals surface area contributed by atoms with Gasteiger partial charge in [-0.05, 0) is 30.2 Å². The van der Waals surface area contributed by atoms with Gasteiger partial charge in [0.25, 0.3) is 0 Å². The third-order valence-electron chi connectivity index (χ3n) is 4.07. The van der Waals surface area contributed by atoms with Gasteiger partial charge in [0.2, 0.25) is 17.6 Å². The first-order valence-corrected chi connectivity index (χ1v) is 8.44. The van der Waals surface area contributed by atoms with Crippen molar-refractivity contribution in [2.24, 2.45) is 0 Å². The van der Waals surface area contributed by atoms with Crippen LogP contribution in [0.2, 0.25) is 0 Å². The Morgan fingerprint density at radius 3 is 2.65 bits per heavy atom. The van der Waals surface area contributed by atoms with Gasteiger partial charge in [0.05, 0.1) is 7.11 Å². The van der Waals surface area contributed by atoms with Crippen LogP contribution in [0.15, 0.2) is 53.1 Å². The normalized spacial score (nSPS) is 10.5. The van der Waals surface area contributed by atoms with E-state index < -0.39 is 0 Å². The highest BCUT2D eigenvalue weighted by Crippen LogP contribution is 2.20. The van der Waals surface area contributed by atoms with Gasteiger partial charge in [0, 0.05) is 24.9 Å². The first-order chi connectivity index (χ1) is 12.7. The van der Waals surface area contributed by atoms with Gasteiger partial charge in [-0.15, -0.1) is 0 Å². The number of amides is 1. The van der Waals surface area contributed by atoms with Crippen molar-refractivity contribution in [2.75, 3.05) is 7.11 Å². The number of ether oxygens (including phenoxy) is 1. The van der Waals surface area contributed by atoms with E-state index in [-0.39, 0.29) is 5.91 Å². The lowest BCUT2D eigenvalue weighted by Crippen LogP contribution is -2.23. The van der Waals surface area contributed by atoms with E-state index in [1.54, 1.807) is 7.11 Å². The average Bonchev–Trinajstić information content (AvgIpc) is 3.14. The van der Waals surface area contributed by atoms with Crippen molar-refractivity contribution in [1.29, 1.82) is 0 Å². The summed E-state index contributed by atoms with van der Waals surface area (Å²) in [6, 6.07) is 15.4. The van der Waals surface area contributed by atoms with E-state index >= 15 is 0 Å². The summed E-state index contributed by atoms with van der Waals surface area (Å²) in [5, 5.41) is 6.89. The highest BCUT2D eigenvalue weighted by molar-refractivity contribution is 5.76. The first kappa shape index (κ1) is 17.7. The van der Waals surface area contributed by atoms with Gasteiger partial charge in [0.15, 0.2) is 0 Å².